The fraction of sp³-hybridized carbons (Fsp3) is 0.316. The van der Waals surface area contributed by atoms with Gasteiger partial charge in [0.05, 0.1) is 5.56 Å². The zero-order valence-electron chi connectivity index (χ0n) is 13.2. The molecular weight excluding hydrogens is 290 g/mol. The molecule has 118 valence electrons. The van der Waals surface area contributed by atoms with Crippen molar-refractivity contribution in [2.24, 2.45) is 0 Å². The van der Waals surface area contributed by atoms with Gasteiger partial charge >= 0.3 is 5.97 Å². The third kappa shape index (κ3) is 2.30. The Morgan fingerprint density at radius 1 is 1.26 bits per heavy atom. The molecule has 2 aliphatic carbocycles. The Morgan fingerprint density at radius 2 is 2.00 bits per heavy atom. The number of nitrogens with zero attached hydrogens (tertiary/aromatic N) is 1. The number of hydrogen-bond donors (Lipinski definition) is 1. The van der Waals surface area contributed by atoms with E-state index in [-0.39, 0.29) is 5.97 Å². The Kier molecular flexibility index (Phi) is 3.16. The van der Waals surface area contributed by atoms with E-state index in [0.29, 0.717) is 17.4 Å². The lowest BCUT2D eigenvalue weighted by molar-refractivity contribution is 0.0691. The predicted molar refractivity (Wildman–Crippen MR) is 87.0 cm³/mol. The highest BCUT2D eigenvalue weighted by Gasteiger charge is 2.30. The van der Waals surface area contributed by atoms with Crippen LogP contribution in [0.5, 0.6) is 0 Å². The molecule has 0 saturated heterocycles. The Balaban J connectivity index is 1.62. The van der Waals surface area contributed by atoms with Crippen LogP contribution in [0.25, 0.3) is 5.76 Å². The minimum atomic E-state index is -0.715. The molecule has 0 spiro atoms. The van der Waals surface area contributed by atoms with Gasteiger partial charge in [0.2, 0.25) is 0 Å². The Labute approximate surface area is 135 Å². The van der Waals surface area contributed by atoms with Crippen molar-refractivity contribution >= 4 is 11.7 Å². The van der Waals surface area contributed by atoms with Gasteiger partial charge < -0.3 is 14.4 Å². The molecule has 0 aliphatic heterocycles. The van der Waals surface area contributed by atoms with Crippen molar-refractivity contribution in [2.45, 2.75) is 38.8 Å². The molecule has 1 N–H and O–H groups in total. The molecule has 0 radical (unpaired) electrons. The minimum Gasteiger partial charge on any atom is -0.422 e. The molecule has 1 saturated carbocycles. The van der Waals surface area contributed by atoms with Crippen LogP contribution in [0.1, 0.15) is 57.9 Å². The second-order valence-electron chi connectivity index (χ2n) is 6.34. The molecule has 4 rings (SSSR count). The zero-order valence-corrected chi connectivity index (χ0v) is 13.2. The van der Waals surface area contributed by atoms with E-state index < -0.39 is 6.10 Å². The number of benzene rings is 1. The summed E-state index contributed by atoms with van der Waals surface area (Å²) in [6.07, 6.45) is 3.22. The van der Waals surface area contributed by atoms with E-state index in [9.17, 15) is 9.90 Å². The summed E-state index contributed by atoms with van der Waals surface area (Å²) in [4.78, 5) is 12.6. The number of aliphatic hydroxyl groups excluding tert-OH is 1. The summed E-state index contributed by atoms with van der Waals surface area (Å²) >= 11 is 0. The molecule has 23 heavy (non-hydrogen) atoms. The van der Waals surface area contributed by atoms with Crippen LogP contribution >= 0.6 is 0 Å². The van der Waals surface area contributed by atoms with Gasteiger partial charge in [0, 0.05) is 23.0 Å². The average molecular weight is 309 g/mol. The molecular formula is C19H19NO3. The highest BCUT2D eigenvalue weighted by molar-refractivity contribution is 5.95. The third-order valence-corrected chi connectivity index (χ3v) is 4.67. The standard InChI is InChI=1S/C19H19NO3/c1-11-9-16(12(2)20(11)13-7-8-13)19(22)23-18-10-17(21)14-5-3-4-6-15(14)18/h3-6,9-10,13,17,21H,7-8H2,1-2H3. The highest BCUT2D eigenvalue weighted by atomic mass is 16.5. The van der Waals surface area contributed by atoms with E-state index in [0.717, 1.165) is 22.5 Å². The van der Waals surface area contributed by atoms with Crippen molar-refractivity contribution in [2.75, 3.05) is 0 Å². The highest BCUT2D eigenvalue weighted by Crippen LogP contribution is 2.39. The first-order valence-electron chi connectivity index (χ1n) is 7.96. The molecule has 1 heterocycles. The molecule has 0 bridgehead atoms. The first-order chi connectivity index (χ1) is 11.1. The second kappa shape index (κ2) is 5.10. The summed E-state index contributed by atoms with van der Waals surface area (Å²) < 4.78 is 7.82. The van der Waals surface area contributed by atoms with Crippen molar-refractivity contribution in [1.82, 2.24) is 4.57 Å². The second-order valence-corrected chi connectivity index (χ2v) is 6.34. The lowest BCUT2D eigenvalue weighted by atomic mass is 10.1. The molecule has 1 aromatic carbocycles. The average Bonchev–Trinajstić information content (AvgIpc) is 3.25. The summed E-state index contributed by atoms with van der Waals surface area (Å²) in [6, 6.07) is 9.87. The lowest BCUT2D eigenvalue weighted by Crippen LogP contribution is -2.06. The molecule has 1 atom stereocenters. The molecule has 1 aromatic heterocycles. The van der Waals surface area contributed by atoms with Crippen LogP contribution in [0.4, 0.5) is 0 Å². The van der Waals surface area contributed by atoms with Gasteiger partial charge in [-0.15, -0.1) is 0 Å². The fourth-order valence-electron chi connectivity index (χ4n) is 3.42. The molecule has 4 heteroatoms. The number of aromatic nitrogens is 1. The third-order valence-electron chi connectivity index (χ3n) is 4.67. The Hall–Kier alpha value is -2.33. The van der Waals surface area contributed by atoms with Gasteiger partial charge in [-0.25, -0.2) is 4.79 Å². The minimum absolute atomic E-state index is 0.361. The van der Waals surface area contributed by atoms with Crippen LogP contribution < -0.4 is 0 Å². The van der Waals surface area contributed by atoms with Crippen LogP contribution in [-0.4, -0.2) is 15.6 Å². The first kappa shape index (κ1) is 14.3. The van der Waals surface area contributed by atoms with Crippen LogP contribution in [0.3, 0.4) is 0 Å². The summed E-state index contributed by atoms with van der Waals surface area (Å²) in [6.45, 7) is 3.99. The first-order valence-corrected chi connectivity index (χ1v) is 7.96. The largest absolute Gasteiger partial charge is 0.422 e. The molecule has 1 fully saturated rings. The molecule has 2 aromatic rings. The van der Waals surface area contributed by atoms with Crippen molar-refractivity contribution in [3.8, 4) is 0 Å². The predicted octanol–water partition coefficient (Wildman–Crippen LogP) is 3.68. The van der Waals surface area contributed by atoms with E-state index in [1.54, 1.807) is 6.08 Å². The molecule has 0 amide bonds. The Bertz CT molecular complexity index is 827. The zero-order chi connectivity index (χ0) is 16.1. The van der Waals surface area contributed by atoms with Gasteiger partial charge in [0.15, 0.2) is 0 Å². The monoisotopic (exact) mass is 309 g/mol. The Morgan fingerprint density at radius 3 is 2.74 bits per heavy atom. The quantitative estimate of drug-likeness (QED) is 0.880. The number of esters is 1. The summed E-state index contributed by atoms with van der Waals surface area (Å²) in [5.41, 5.74) is 4.22. The number of carbonyl (C=O) groups excluding carboxylic acids is 1. The number of ether oxygens (including phenoxy) is 1. The van der Waals surface area contributed by atoms with Gasteiger partial charge in [-0.05, 0) is 44.4 Å². The number of rotatable bonds is 3. The van der Waals surface area contributed by atoms with E-state index in [4.69, 9.17) is 4.74 Å². The number of carbonyl (C=O) groups is 1. The maximum Gasteiger partial charge on any atom is 0.345 e. The summed E-state index contributed by atoms with van der Waals surface area (Å²) in [5, 5.41) is 10.0. The normalized spacial score (nSPS) is 19.4. The maximum absolute atomic E-state index is 12.6. The number of aliphatic hydroxyl groups is 1. The van der Waals surface area contributed by atoms with E-state index >= 15 is 0 Å². The van der Waals surface area contributed by atoms with Gasteiger partial charge in [0.1, 0.15) is 11.9 Å². The topological polar surface area (TPSA) is 51.5 Å². The van der Waals surface area contributed by atoms with Gasteiger partial charge in [-0.3, -0.25) is 0 Å². The van der Waals surface area contributed by atoms with E-state index in [1.807, 2.05) is 44.2 Å². The van der Waals surface area contributed by atoms with Gasteiger partial charge in [0.25, 0.3) is 0 Å². The van der Waals surface area contributed by atoms with Crippen molar-refractivity contribution in [1.29, 1.82) is 0 Å². The van der Waals surface area contributed by atoms with E-state index in [2.05, 4.69) is 4.57 Å². The summed E-state index contributed by atoms with van der Waals surface area (Å²) in [7, 11) is 0. The summed E-state index contributed by atoms with van der Waals surface area (Å²) in [5.74, 6) is 0.0782. The van der Waals surface area contributed by atoms with Gasteiger partial charge in [-0.2, -0.15) is 0 Å². The van der Waals surface area contributed by atoms with Crippen molar-refractivity contribution in [3.63, 3.8) is 0 Å². The maximum atomic E-state index is 12.6. The SMILES string of the molecule is Cc1cc(C(=O)OC2=CC(O)c3ccccc32)c(C)n1C1CC1. The number of hydrogen-bond acceptors (Lipinski definition) is 3. The smallest absolute Gasteiger partial charge is 0.345 e. The van der Waals surface area contributed by atoms with Crippen molar-refractivity contribution in [3.05, 3.63) is 64.5 Å². The van der Waals surface area contributed by atoms with Gasteiger partial charge in [-0.1, -0.05) is 24.3 Å². The van der Waals surface area contributed by atoms with Crippen LogP contribution in [-0.2, 0) is 4.74 Å². The van der Waals surface area contributed by atoms with Crippen LogP contribution in [0, 0.1) is 13.8 Å². The van der Waals surface area contributed by atoms with Crippen molar-refractivity contribution < 1.29 is 14.6 Å². The lowest BCUT2D eigenvalue weighted by Gasteiger charge is -2.09. The number of fused-ring (bicyclic) bond motifs is 1. The molecule has 2 aliphatic rings. The fourth-order valence-corrected chi connectivity index (χ4v) is 3.42. The van der Waals surface area contributed by atoms with E-state index in [1.165, 1.54) is 12.8 Å². The number of aryl methyl sites for hydroxylation is 1. The molecule has 1 unspecified atom stereocenters. The van der Waals surface area contributed by atoms with Crippen LogP contribution in [0.15, 0.2) is 36.4 Å². The van der Waals surface area contributed by atoms with Crippen LogP contribution in [0.2, 0.25) is 0 Å². The molecule has 4 nitrogen and oxygen atoms in total.